The van der Waals surface area contributed by atoms with Crippen LogP contribution in [0, 0.1) is 0 Å². The molecule has 29 heavy (non-hydrogen) atoms. The van der Waals surface area contributed by atoms with Gasteiger partial charge in [0.25, 0.3) is 0 Å². The number of sulfonamides is 1. The van der Waals surface area contributed by atoms with Crippen molar-refractivity contribution in [1.29, 1.82) is 0 Å². The first-order valence-corrected chi connectivity index (χ1v) is 11.1. The van der Waals surface area contributed by atoms with Gasteiger partial charge in [-0.3, -0.25) is 9.98 Å². The van der Waals surface area contributed by atoms with Gasteiger partial charge in [-0.25, -0.2) is 17.9 Å². The third kappa shape index (κ3) is 5.57. The molecule has 0 aliphatic carbocycles. The van der Waals surface area contributed by atoms with E-state index in [0.29, 0.717) is 32.7 Å². The molecule has 3 rings (SSSR count). The Bertz CT molecular complexity index is 853. The third-order valence-electron chi connectivity index (χ3n) is 4.50. The SMILES string of the molecule is CC(C)(C)OC(=O)N1CCN2C(NCCNS(=O)(=O)c3cccnc3)=NCC2C1. The van der Waals surface area contributed by atoms with E-state index in [0.717, 1.165) is 5.96 Å². The number of hydrogen-bond donors (Lipinski definition) is 2. The summed E-state index contributed by atoms with van der Waals surface area (Å²) in [5.74, 6) is 0.736. The van der Waals surface area contributed by atoms with Gasteiger partial charge >= 0.3 is 6.09 Å². The van der Waals surface area contributed by atoms with Crippen molar-refractivity contribution in [2.24, 2.45) is 4.99 Å². The maximum Gasteiger partial charge on any atom is 0.410 e. The van der Waals surface area contributed by atoms with Crippen molar-refractivity contribution in [3.8, 4) is 0 Å². The lowest BCUT2D eigenvalue weighted by molar-refractivity contribution is 0.0137. The van der Waals surface area contributed by atoms with Crippen molar-refractivity contribution in [2.45, 2.75) is 37.3 Å². The lowest BCUT2D eigenvalue weighted by Gasteiger charge is -2.39. The molecule has 0 bridgehead atoms. The number of hydrogen-bond acceptors (Lipinski definition) is 8. The first kappa shape index (κ1) is 21.3. The van der Waals surface area contributed by atoms with Gasteiger partial charge in [0.05, 0.1) is 12.6 Å². The number of nitrogens with zero attached hydrogens (tertiary/aromatic N) is 4. The van der Waals surface area contributed by atoms with E-state index in [4.69, 9.17) is 4.74 Å². The first-order valence-electron chi connectivity index (χ1n) is 9.58. The van der Waals surface area contributed by atoms with E-state index in [9.17, 15) is 13.2 Å². The van der Waals surface area contributed by atoms with E-state index in [2.05, 4.69) is 24.9 Å². The molecule has 1 atom stereocenters. The number of pyridine rings is 1. The van der Waals surface area contributed by atoms with Crippen LogP contribution < -0.4 is 10.0 Å². The summed E-state index contributed by atoms with van der Waals surface area (Å²) in [6.45, 7) is 8.52. The summed E-state index contributed by atoms with van der Waals surface area (Å²) in [6.07, 6.45) is 2.53. The first-order chi connectivity index (χ1) is 13.7. The van der Waals surface area contributed by atoms with Crippen molar-refractivity contribution >= 4 is 22.1 Å². The van der Waals surface area contributed by atoms with E-state index in [1.807, 2.05) is 20.8 Å². The quantitative estimate of drug-likeness (QED) is 0.651. The monoisotopic (exact) mass is 424 g/mol. The molecular weight excluding hydrogens is 396 g/mol. The fourth-order valence-electron chi connectivity index (χ4n) is 3.17. The summed E-state index contributed by atoms with van der Waals surface area (Å²) >= 11 is 0. The van der Waals surface area contributed by atoms with E-state index in [1.54, 1.807) is 11.0 Å². The molecule has 1 saturated heterocycles. The van der Waals surface area contributed by atoms with Crippen molar-refractivity contribution in [2.75, 3.05) is 39.3 Å². The minimum atomic E-state index is -3.58. The summed E-state index contributed by atoms with van der Waals surface area (Å²) in [5.41, 5.74) is -0.518. The molecule has 2 aliphatic heterocycles. The Balaban J connectivity index is 1.44. The Labute approximate surface area is 171 Å². The molecule has 2 N–H and O–H groups in total. The normalized spacial score (nSPS) is 19.6. The second-order valence-electron chi connectivity index (χ2n) is 7.95. The fraction of sp³-hybridized carbons (Fsp3) is 0.611. The summed E-state index contributed by atoms with van der Waals surface area (Å²) in [5, 5.41) is 3.19. The van der Waals surface area contributed by atoms with Gasteiger partial charge in [-0.2, -0.15) is 0 Å². The van der Waals surface area contributed by atoms with Gasteiger partial charge in [-0.15, -0.1) is 0 Å². The molecule has 10 nitrogen and oxygen atoms in total. The molecule has 1 amide bonds. The highest BCUT2D eigenvalue weighted by Crippen LogP contribution is 2.18. The van der Waals surface area contributed by atoms with Crippen LogP contribution in [-0.2, 0) is 14.8 Å². The molecule has 0 spiro atoms. The molecular formula is C18H28N6O4S. The number of guanidine groups is 1. The molecule has 0 radical (unpaired) electrons. The fourth-order valence-corrected chi connectivity index (χ4v) is 4.17. The Kier molecular flexibility index (Phi) is 6.27. The van der Waals surface area contributed by atoms with Crippen LogP contribution in [0.5, 0.6) is 0 Å². The van der Waals surface area contributed by atoms with Crippen LogP contribution in [-0.4, -0.2) is 86.2 Å². The minimum absolute atomic E-state index is 0.103. The van der Waals surface area contributed by atoms with Crippen molar-refractivity contribution in [1.82, 2.24) is 24.8 Å². The molecule has 3 heterocycles. The second kappa shape index (κ2) is 8.54. The van der Waals surface area contributed by atoms with Crippen LogP contribution in [0.1, 0.15) is 20.8 Å². The number of carbonyl (C=O) groups is 1. The van der Waals surface area contributed by atoms with E-state index >= 15 is 0 Å². The summed E-state index contributed by atoms with van der Waals surface area (Å²) < 4.78 is 32.4. The molecule has 11 heteroatoms. The topological polar surface area (TPSA) is 116 Å². The number of aliphatic imine (C=N–C) groups is 1. The van der Waals surface area contributed by atoms with E-state index < -0.39 is 15.6 Å². The highest BCUT2D eigenvalue weighted by molar-refractivity contribution is 7.89. The summed E-state index contributed by atoms with van der Waals surface area (Å²) in [7, 11) is -3.58. The van der Waals surface area contributed by atoms with Gasteiger partial charge < -0.3 is 19.9 Å². The Morgan fingerprint density at radius 3 is 2.79 bits per heavy atom. The summed E-state index contributed by atoms with van der Waals surface area (Å²) in [4.78, 5) is 24.6. The number of amides is 1. The Morgan fingerprint density at radius 1 is 1.31 bits per heavy atom. The van der Waals surface area contributed by atoms with Crippen molar-refractivity contribution < 1.29 is 17.9 Å². The lowest BCUT2D eigenvalue weighted by Crippen LogP contribution is -2.57. The summed E-state index contributed by atoms with van der Waals surface area (Å²) in [6, 6.07) is 3.18. The predicted molar refractivity (Wildman–Crippen MR) is 108 cm³/mol. The van der Waals surface area contributed by atoms with Crippen molar-refractivity contribution in [3.05, 3.63) is 24.5 Å². The Morgan fingerprint density at radius 2 is 2.10 bits per heavy atom. The number of ether oxygens (including phenoxy) is 1. The highest BCUT2D eigenvalue weighted by Gasteiger charge is 2.36. The molecule has 160 valence electrons. The number of fused-ring (bicyclic) bond motifs is 1. The van der Waals surface area contributed by atoms with Crippen LogP contribution in [0.15, 0.2) is 34.4 Å². The van der Waals surface area contributed by atoms with Crippen LogP contribution in [0.25, 0.3) is 0 Å². The van der Waals surface area contributed by atoms with Gasteiger partial charge in [-0.1, -0.05) is 0 Å². The molecule has 0 saturated carbocycles. The number of rotatable bonds is 5. The van der Waals surface area contributed by atoms with E-state index in [-0.39, 0.29) is 23.6 Å². The molecule has 1 fully saturated rings. The molecule has 0 aromatic carbocycles. The zero-order valence-corrected chi connectivity index (χ0v) is 17.8. The van der Waals surface area contributed by atoms with Crippen LogP contribution in [0.3, 0.4) is 0 Å². The van der Waals surface area contributed by atoms with E-state index in [1.165, 1.54) is 18.5 Å². The molecule has 1 aromatic heterocycles. The number of piperazine rings is 1. The zero-order valence-electron chi connectivity index (χ0n) is 17.0. The standard InChI is InChI=1S/C18H28N6O4S/c1-18(2,3)28-17(25)23-9-10-24-14(13-23)11-21-16(24)20-7-8-22-29(26,27)15-5-4-6-19-12-15/h4-6,12,14,22H,7-11,13H2,1-3H3,(H,20,21). The van der Waals surface area contributed by atoms with Gasteiger partial charge in [-0.05, 0) is 32.9 Å². The molecule has 1 aromatic rings. The number of nitrogens with one attached hydrogen (secondary N) is 2. The average Bonchev–Trinajstić information content (AvgIpc) is 3.07. The van der Waals surface area contributed by atoms with Gasteiger partial charge in [0.2, 0.25) is 10.0 Å². The Hall–Kier alpha value is -2.40. The van der Waals surface area contributed by atoms with Crippen LogP contribution in [0.2, 0.25) is 0 Å². The largest absolute Gasteiger partial charge is 0.444 e. The minimum Gasteiger partial charge on any atom is -0.444 e. The third-order valence-corrected chi connectivity index (χ3v) is 5.95. The highest BCUT2D eigenvalue weighted by atomic mass is 32.2. The lowest BCUT2D eigenvalue weighted by atomic mass is 10.2. The maximum atomic E-state index is 12.3. The van der Waals surface area contributed by atoms with Crippen LogP contribution >= 0.6 is 0 Å². The van der Waals surface area contributed by atoms with Crippen LogP contribution in [0.4, 0.5) is 4.79 Å². The number of aromatic nitrogens is 1. The van der Waals surface area contributed by atoms with Crippen molar-refractivity contribution in [3.63, 3.8) is 0 Å². The molecule has 1 unspecified atom stereocenters. The molecule has 2 aliphatic rings. The maximum absolute atomic E-state index is 12.3. The number of carbonyl (C=O) groups excluding carboxylic acids is 1. The smallest absolute Gasteiger partial charge is 0.410 e. The average molecular weight is 425 g/mol. The van der Waals surface area contributed by atoms with Gasteiger partial charge in [0, 0.05) is 45.1 Å². The van der Waals surface area contributed by atoms with Gasteiger partial charge in [0.1, 0.15) is 10.5 Å². The zero-order chi connectivity index (χ0) is 21.1. The second-order valence-corrected chi connectivity index (χ2v) is 9.72. The van der Waals surface area contributed by atoms with Gasteiger partial charge in [0.15, 0.2) is 5.96 Å². The predicted octanol–water partition coefficient (Wildman–Crippen LogP) is 0.240.